The second-order valence-corrected chi connectivity index (χ2v) is 11.0. The first-order valence-corrected chi connectivity index (χ1v) is 14.7. The van der Waals surface area contributed by atoms with Crippen molar-refractivity contribution < 1.29 is 18.3 Å². The fraction of sp³-hybridized carbons (Fsp3) is 0.152. The Bertz CT molecular complexity index is 1740. The topological polar surface area (TPSA) is 78.2 Å². The van der Waals surface area contributed by atoms with Crippen molar-refractivity contribution in [2.75, 3.05) is 7.11 Å². The number of nitrogens with zero attached hydrogens (tertiary/aromatic N) is 3. The summed E-state index contributed by atoms with van der Waals surface area (Å²) in [6.45, 7) is 1.92. The minimum atomic E-state index is -2.80. The predicted molar refractivity (Wildman–Crippen MR) is 167 cm³/mol. The van der Waals surface area contributed by atoms with E-state index in [4.69, 9.17) is 17.0 Å². The molecule has 1 atom stereocenters. The standard InChI is InChI=1S/C33H26F2N4O2S2/c1-20(22-9-5-3-6-10-22)39-32(40)28(38-33(39)42)16-21-13-14-29(41-2)24(15-21)19-43-31-26(18-36)25(17-27(37-31)30(34)35)23-11-7-4-8-12-23/h3-17,20,30H,19H2,1-2H3,(H,38,42)/b28-16-. The molecular weight excluding hydrogens is 587 g/mol. The average molecular weight is 613 g/mol. The Morgan fingerprint density at radius 2 is 1.79 bits per heavy atom. The van der Waals surface area contributed by atoms with E-state index in [9.17, 15) is 18.8 Å². The summed E-state index contributed by atoms with van der Waals surface area (Å²) in [5.74, 6) is 0.606. The summed E-state index contributed by atoms with van der Waals surface area (Å²) in [4.78, 5) is 19.0. The van der Waals surface area contributed by atoms with Crippen LogP contribution in [-0.4, -0.2) is 28.0 Å². The van der Waals surface area contributed by atoms with E-state index < -0.39 is 12.1 Å². The highest BCUT2D eigenvalue weighted by molar-refractivity contribution is 7.98. The number of carbonyl (C=O) groups excluding carboxylic acids is 1. The van der Waals surface area contributed by atoms with Crippen LogP contribution in [-0.2, 0) is 10.5 Å². The molecule has 1 aliphatic rings. The van der Waals surface area contributed by atoms with E-state index in [0.29, 0.717) is 33.2 Å². The van der Waals surface area contributed by atoms with E-state index in [0.717, 1.165) is 11.1 Å². The molecule has 0 bridgehead atoms. The van der Waals surface area contributed by atoms with Crippen LogP contribution in [0.2, 0.25) is 0 Å². The summed E-state index contributed by atoms with van der Waals surface area (Å²) in [6.07, 6.45) is -1.09. The highest BCUT2D eigenvalue weighted by atomic mass is 32.2. The number of hydrogen-bond acceptors (Lipinski definition) is 6. The lowest BCUT2D eigenvalue weighted by molar-refractivity contribution is -0.123. The van der Waals surface area contributed by atoms with Gasteiger partial charge >= 0.3 is 0 Å². The third kappa shape index (κ3) is 6.43. The van der Waals surface area contributed by atoms with Crippen LogP contribution in [0, 0.1) is 11.3 Å². The lowest BCUT2D eigenvalue weighted by Crippen LogP contribution is -2.33. The van der Waals surface area contributed by atoms with Crippen molar-refractivity contribution in [2.24, 2.45) is 0 Å². The number of carbonyl (C=O) groups is 1. The molecule has 0 spiro atoms. The van der Waals surface area contributed by atoms with E-state index in [1.165, 1.54) is 24.9 Å². The van der Waals surface area contributed by atoms with E-state index in [1.807, 2.05) is 55.5 Å². The summed E-state index contributed by atoms with van der Waals surface area (Å²) in [7, 11) is 1.54. The Kier molecular flexibility index (Phi) is 9.14. The summed E-state index contributed by atoms with van der Waals surface area (Å²) in [6, 6.07) is 27.2. The Hall–Kier alpha value is -4.59. The number of nitriles is 1. The van der Waals surface area contributed by atoms with Crippen molar-refractivity contribution in [2.45, 2.75) is 30.2 Å². The minimum Gasteiger partial charge on any atom is -0.496 e. The minimum absolute atomic E-state index is 0.202. The SMILES string of the molecule is COc1ccc(/C=C2\NC(=S)N(C(C)c3ccccc3)C2=O)cc1CSc1nc(C(F)F)cc(-c2ccccc2)c1C#N. The molecule has 2 heterocycles. The van der Waals surface area contributed by atoms with Crippen LogP contribution in [0.4, 0.5) is 8.78 Å². The summed E-state index contributed by atoms with van der Waals surface area (Å²) < 4.78 is 33.2. The van der Waals surface area contributed by atoms with E-state index in [-0.39, 0.29) is 28.3 Å². The number of thioether (sulfide) groups is 1. The zero-order valence-electron chi connectivity index (χ0n) is 23.3. The number of hydrogen-bond donors (Lipinski definition) is 1. The van der Waals surface area contributed by atoms with Gasteiger partial charge in [0.2, 0.25) is 0 Å². The highest BCUT2D eigenvalue weighted by Crippen LogP contribution is 2.36. The largest absolute Gasteiger partial charge is 0.496 e. The first kappa shape index (κ1) is 29.9. The molecule has 6 nitrogen and oxygen atoms in total. The number of benzene rings is 3. The third-order valence-corrected chi connectivity index (χ3v) is 8.31. The number of alkyl halides is 2. The highest BCUT2D eigenvalue weighted by Gasteiger charge is 2.34. The molecule has 1 amide bonds. The van der Waals surface area contributed by atoms with Crippen LogP contribution in [0.1, 0.15) is 47.3 Å². The fourth-order valence-corrected chi connectivity index (χ4v) is 6.14. The lowest BCUT2D eigenvalue weighted by atomic mass is 10.0. The molecule has 1 N–H and O–H groups in total. The molecule has 1 saturated heterocycles. The van der Waals surface area contributed by atoms with Crippen molar-refractivity contribution in [3.8, 4) is 22.9 Å². The maximum atomic E-state index is 13.8. The molecule has 3 aromatic carbocycles. The van der Waals surface area contributed by atoms with Crippen LogP contribution in [0.5, 0.6) is 5.75 Å². The maximum Gasteiger partial charge on any atom is 0.280 e. The van der Waals surface area contributed by atoms with Crippen molar-refractivity contribution in [1.29, 1.82) is 5.26 Å². The zero-order valence-corrected chi connectivity index (χ0v) is 24.9. The quantitative estimate of drug-likeness (QED) is 0.118. The molecule has 0 radical (unpaired) electrons. The zero-order chi connectivity index (χ0) is 30.5. The second-order valence-electron chi connectivity index (χ2n) is 9.66. The average Bonchev–Trinajstić information content (AvgIpc) is 3.31. The molecule has 216 valence electrons. The molecule has 5 rings (SSSR count). The number of thiocarbonyl (C=S) groups is 1. The van der Waals surface area contributed by atoms with Gasteiger partial charge in [0, 0.05) is 16.9 Å². The van der Waals surface area contributed by atoms with Crippen LogP contribution < -0.4 is 10.1 Å². The first-order chi connectivity index (χ1) is 20.8. The van der Waals surface area contributed by atoms with Gasteiger partial charge in [0.15, 0.2) is 5.11 Å². The van der Waals surface area contributed by atoms with Crippen LogP contribution in [0.3, 0.4) is 0 Å². The van der Waals surface area contributed by atoms with Gasteiger partial charge in [0.05, 0.1) is 18.7 Å². The second kappa shape index (κ2) is 13.2. The molecule has 10 heteroatoms. The van der Waals surface area contributed by atoms with Gasteiger partial charge in [-0.1, -0.05) is 66.7 Å². The number of amides is 1. The molecule has 0 saturated carbocycles. The van der Waals surface area contributed by atoms with Gasteiger partial charge in [0.1, 0.15) is 28.2 Å². The van der Waals surface area contributed by atoms with E-state index in [1.54, 1.807) is 41.3 Å². The monoisotopic (exact) mass is 612 g/mol. The summed E-state index contributed by atoms with van der Waals surface area (Å²) >= 11 is 6.66. The first-order valence-electron chi connectivity index (χ1n) is 13.3. The maximum absolute atomic E-state index is 13.8. The Morgan fingerprint density at radius 3 is 2.44 bits per heavy atom. The number of nitrogens with one attached hydrogen (secondary N) is 1. The third-order valence-electron chi connectivity index (χ3n) is 6.98. The number of pyridine rings is 1. The van der Waals surface area contributed by atoms with Crippen molar-refractivity contribution >= 4 is 41.1 Å². The smallest absolute Gasteiger partial charge is 0.280 e. The number of aromatic nitrogens is 1. The lowest BCUT2D eigenvalue weighted by Gasteiger charge is -2.23. The number of halogens is 2. The van der Waals surface area contributed by atoms with Gasteiger partial charge < -0.3 is 10.1 Å². The number of ether oxygens (including phenoxy) is 1. The van der Waals surface area contributed by atoms with Crippen molar-refractivity contribution in [3.63, 3.8) is 0 Å². The molecular formula is C33H26F2N4O2S2. The molecule has 1 aromatic heterocycles. The summed E-state index contributed by atoms with van der Waals surface area (Å²) in [5, 5.41) is 13.5. The van der Waals surface area contributed by atoms with E-state index >= 15 is 0 Å². The van der Waals surface area contributed by atoms with Gasteiger partial charge in [0.25, 0.3) is 12.3 Å². The number of methoxy groups -OCH3 is 1. The molecule has 1 fully saturated rings. The normalized spacial score (nSPS) is 14.6. The molecule has 0 aliphatic carbocycles. The van der Waals surface area contributed by atoms with Gasteiger partial charge in [-0.05, 0) is 60.1 Å². The molecule has 43 heavy (non-hydrogen) atoms. The van der Waals surface area contributed by atoms with Crippen molar-refractivity contribution in [3.05, 3.63) is 119 Å². The Balaban J connectivity index is 1.43. The van der Waals surface area contributed by atoms with Gasteiger partial charge in [-0.25, -0.2) is 13.8 Å². The van der Waals surface area contributed by atoms with Crippen LogP contribution in [0.25, 0.3) is 17.2 Å². The van der Waals surface area contributed by atoms with Crippen LogP contribution in [0.15, 0.2) is 95.7 Å². The summed E-state index contributed by atoms with van der Waals surface area (Å²) in [5.41, 5.74) is 3.62. The molecule has 1 aliphatic heterocycles. The van der Waals surface area contributed by atoms with Gasteiger partial charge in [-0.3, -0.25) is 9.69 Å². The molecule has 1 unspecified atom stereocenters. The van der Waals surface area contributed by atoms with Gasteiger partial charge in [-0.15, -0.1) is 11.8 Å². The Labute approximate surface area is 258 Å². The molecule has 4 aromatic rings. The van der Waals surface area contributed by atoms with Crippen LogP contribution >= 0.6 is 24.0 Å². The Morgan fingerprint density at radius 1 is 1.09 bits per heavy atom. The predicted octanol–water partition coefficient (Wildman–Crippen LogP) is 7.68. The van der Waals surface area contributed by atoms with Crippen molar-refractivity contribution in [1.82, 2.24) is 15.2 Å². The number of rotatable bonds is 9. The van der Waals surface area contributed by atoms with Gasteiger partial charge in [-0.2, -0.15) is 5.26 Å². The van der Waals surface area contributed by atoms with E-state index in [2.05, 4.69) is 16.4 Å². The fourth-order valence-electron chi connectivity index (χ4n) is 4.81.